The van der Waals surface area contributed by atoms with Gasteiger partial charge in [0.15, 0.2) is 0 Å². The highest BCUT2D eigenvalue weighted by Gasteiger charge is 2.15. The van der Waals surface area contributed by atoms with Gasteiger partial charge in [-0.3, -0.25) is 4.98 Å². The predicted octanol–water partition coefficient (Wildman–Crippen LogP) is 1.47. The quantitative estimate of drug-likeness (QED) is 0.692. The van der Waals surface area contributed by atoms with Crippen molar-refractivity contribution >= 4 is 5.69 Å². The van der Waals surface area contributed by atoms with Gasteiger partial charge < -0.3 is 5.73 Å². The van der Waals surface area contributed by atoms with Gasteiger partial charge in [-0.05, 0) is 6.07 Å². The fraction of sp³-hybridized carbons (Fsp3) is 0.143. The van der Waals surface area contributed by atoms with Gasteiger partial charge in [-0.1, -0.05) is 0 Å². The Morgan fingerprint density at radius 2 is 2.25 bits per heavy atom. The van der Waals surface area contributed by atoms with Crippen LogP contribution in [0, 0.1) is 11.3 Å². The number of hydrogen-bond donors (Lipinski definition) is 1. The molecular formula is C7H5F2N3. The maximum atomic E-state index is 12.1. The number of halogens is 2. The van der Waals surface area contributed by atoms with Crippen molar-refractivity contribution in [2.24, 2.45) is 0 Å². The van der Waals surface area contributed by atoms with Gasteiger partial charge >= 0.3 is 0 Å². The highest BCUT2D eigenvalue weighted by atomic mass is 19.3. The van der Waals surface area contributed by atoms with Gasteiger partial charge in [0.1, 0.15) is 17.3 Å². The van der Waals surface area contributed by atoms with Crippen LogP contribution in [0.3, 0.4) is 0 Å². The fourth-order valence-corrected chi connectivity index (χ4v) is 0.781. The Morgan fingerprint density at radius 3 is 2.67 bits per heavy atom. The number of nitriles is 1. The molecule has 1 aromatic heterocycles. The third-order valence-corrected chi connectivity index (χ3v) is 1.33. The van der Waals surface area contributed by atoms with Gasteiger partial charge in [-0.2, -0.15) is 5.26 Å². The van der Waals surface area contributed by atoms with Gasteiger partial charge in [0.25, 0.3) is 6.43 Å². The van der Waals surface area contributed by atoms with E-state index < -0.39 is 12.1 Å². The van der Waals surface area contributed by atoms with Crippen molar-refractivity contribution in [3.63, 3.8) is 0 Å². The van der Waals surface area contributed by atoms with Crippen LogP contribution in [0.1, 0.15) is 17.7 Å². The first-order valence-electron chi connectivity index (χ1n) is 3.09. The topological polar surface area (TPSA) is 62.7 Å². The van der Waals surface area contributed by atoms with Crippen LogP contribution < -0.4 is 5.73 Å². The first-order valence-corrected chi connectivity index (χ1v) is 3.09. The fourth-order valence-electron chi connectivity index (χ4n) is 0.781. The molecule has 0 bridgehead atoms. The molecule has 12 heavy (non-hydrogen) atoms. The summed E-state index contributed by atoms with van der Waals surface area (Å²) >= 11 is 0. The van der Waals surface area contributed by atoms with E-state index in [1.807, 2.05) is 0 Å². The van der Waals surface area contributed by atoms with Crippen molar-refractivity contribution in [3.05, 3.63) is 23.5 Å². The molecule has 1 aromatic rings. The molecule has 62 valence electrons. The molecule has 0 unspecified atom stereocenters. The van der Waals surface area contributed by atoms with Crippen LogP contribution in [0.15, 0.2) is 12.3 Å². The van der Waals surface area contributed by atoms with E-state index >= 15 is 0 Å². The molecule has 0 aliphatic rings. The Morgan fingerprint density at radius 1 is 1.58 bits per heavy atom. The number of nitrogens with zero attached hydrogens (tertiary/aromatic N) is 2. The highest BCUT2D eigenvalue weighted by Crippen LogP contribution is 2.23. The van der Waals surface area contributed by atoms with E-state index in [4.69, 9.17) is 11.0 Å². The van der Waals surface area contributed by atoms with Crippen molar-refractivity contribution < 1.29 is 8.78 Å². The summed E-state index contributed by atoms with van der Waals surface area (Å²) < 4.78 is 24.3. The molecule has 0 atom stereocenters. The molecule has 0 aliphatic heterocycles. The summed E-state index contributed by atoms with van der Waals surface area (Å²) in [4.78, 5) is 3.36. The van der Waals surface area contributed by atoms with Crippen molar-refractivity contribution in [3.8, 4) is 6.07 Å². The van der Waals surface area contributed by atoms with Crippen molar-refractivity contribution in [2.75, 3.05) is 5.73 Å². The zero-order valence-corrected chi connectivity index (χ0v) is 5.96. The first kappa shape index (κ1) is 8.40. The summed E-state index contributed by atoms with van der Waals surface area (Å²) in [6.45, 7) is 0. The lowest BCUT2D eigenvalue weighted by molar-refractivity contribution is 0.146. The highest BCUT2D eigenvalue weighted by molar-refractivity contribution is 5.55. The SMILES string of the molecule is N#Cc1c(N)ccnc1C(F)F. The van der Waals surface area contributed by atoms with Crippen LogP contribution in [0.4, 0.5) is 14.5 Å². The van der Waals surface area contributed by atoms with E-state index in [0.29, 0.717) is 0 Å². The molecule has 1 rings (SSSR count). The third kappa shape index (κ3) is 1.32. The molecule has 0 saturated heterocycles. The van der Waals surface area contributed by atoms with E-state index in [-0.39, 0.29) is 11.3 Å². The zero-order chi connectivity index (χ0) is 9.14. The molecule has 0 fully saturated rings. The molecule has 5 heteroatoms. The Kier molecular flexibility index (Phi) is 2.19. The monoisotopic (exact) mass is 169 g/mol. The minimum atomic E-state index is -2.76. The van der Waals surface area contributed by atoms with E-state index in [9.17, 15) is 8.78 Å². The van der Waals surface area contributed by atoms with Crippen molar-refractivity contribution in [2.45, 2.75) is 6.43 Å². The zero-order valence-electron chi connectivity index (χ0n) is 5.96. The summed E-state index contributed by atoms with van der Waals surface area (Å²) in [6.07, 6.45) is -1.61. The molecule has 0 radical (unpaired) electrons. The summed E-state index contributed by atoms with van der Waals surface area (Å²) in [7, 11) is 0. The lowest BCUT2D eigenvalue weighted by atomic mass is 10.2. The number of anilines is 1. The van der Waals surface area contributed by atoms with Crippen LogP contribution in [0.2, 0.25) is 0 Å². The van der Waals surface area contributed by atoms with E-state index in [1.165, 1.54) is 6.07 Å². The van der Waals surface area contributed by atoms with Crippen molar-refractivity contribution in [1.29, 1.82) is 5.26 Å². The minimum Gasteiger partial charge on any atom is -0.398 e. The van der Waals surface area contributed by atoms with Crippen LogP contribution in [0.5, 0.6) is 0 Å². The average molecular weight is 169 g/mol. The molecule has 0 amide bonds. The first-order chi connectivity index (χ1) is 5.66. The Hall–Kier alpha value is -1.70. The minimum absolute atomic E-state index is 0.0304. The molecule has 0 aliphatic carbocycles. The summed E-state index contributed by atoms with van der Waals surface area (Å²) in [5.74, 6) is 0. The van der Waals surface area contributed by atoms with Gasteiger partial charge in [0.2, 0.25) is 0 Å². The maximum absolute atomic E-state index is 12.1. The van der Waals surface area contributed by atoms with Gasteiger partial charge in [0.05, 0.1) is 5.69 Å². The lowest BCUT2D eigenvalue weighted by Crippen LogP contribution is -1.99. The standard InChI is InChI=1S/C7H5F2N3/c8-7(9)6-4(3-10)5(11)1-2-12-6/h1-2,7H,(H2,11,12). The van der Waals surface area contributed by atoms with E-state index in [2.05, 4.69) is 4.98 Å². The molecule has 1 heterocycles. The number of pyridine rings is 1. The number of rotatable bonds is 1. The summed E-state index contributed by atoms with van der Waals surface area (Å²) in [6, 6.07) is 2.89. The number of hydrogen-bond acceptors (Lipinski definition) is 3. The largest absolute Gasteiger partial charge is 0.398 e. The maximum Gasteiger partial charge on any atom is 0.281 e. The van der Waals surface area contributed by atoms with Crippen molar-refractivity contribution in [1.82, 2.24) is 4.98 Å². The summed E-state index contributed by atoms with van der Waals surface area (Å²) in [5, 5.41) is 8.44. The molecule has 0 spiro atoms. The van der Waals surface area contributed by atoms with Crippen LogP contribution in [0.25, 0.3) is 0 Å². The second kappa shape index (κ2) is 3.13. The number of nitrogen functional groups attached to an aromatic ring is 1. The second-order valence-electron chi connectivity index (χ2n) is 2.07. The Balaban J connectivity index is 3.30. The Labute approximate surface area is 67.4 Å². The van der Waals surface area contributed by atoms with Gasteiger partial charge in [0, 0.05) is 6.20 Å². The molecule has 2 N–H and O–H groups in total. The normalized spacial score (nSPS) is 9.83. The van der Waals surface area contributed by atoms with Crippen LogP contribution in [-0.4, -0.2) is 4.98 Å². The Bertz CT molecular complexity index is 330. The number of alkyl halides is 2. The van der Waals surface area contributed by atoms with Crippen LogP contribution >= 0.6 is 0 Å². The third-order valence-electron chi connectivity index (χ3n) is 1.33. The molecule has 0 saturated carbocycles. The van der Waals surface area contributed by atoms with E-state index in [1.54, 1.807) is 6.07 Å². The van der Waals surface area contributed by atoms with Gasteiger partial charge in [-0.25, -0.2) is 8.78 Å². The predicted molar refractivity (Wildman–Crippen MR) is 38.3 cm³/mol. The smallest absolute Gasteiger partial charge is 0.281 e. The van der Waals surface area contributed by atoms with Crippen LogP contribution in [-0.2, 0) is 0 Å². The number of aromatic nitrogens is 1. The second-order valence-corrected chi connectivity index (χ2v) is 2.07. The molecule has 3 nitrogen and oxygen atoms in total. The molecule has 0 aromatic carbocycles. The molecular weight excluding hydrogens is 164 g/mol. The summed E-state index contributed by atoms with van der Waals surface area (Å²) in [5.41, 5.74) is 4.50. The van der Waals surface area contributed by atoms with Gasteiger partial charge in [-0.15, -0.1) is 0 Å². The average Bonchev–Trinajstić information content (AvgIpc) is 2.03. The lowest BCUT2D eigenvalue weighted by Gasteiger charge is -2.02. The van der Waals surface area contributed by atoms with E-state index in [0.717, 1.165) is 6.20 Å². The number of nitrogens with two attached hydrogens (primary N) is 1.